The first kappa shape index (κ1) is 20.2. The quantitative estimate of drug-likeness (QED) is 0.556. The molecule has 140 valence electrons. The van der Waals surface area contributed by atoms with Gasteiger partial charge in [0.2, 0.25) is 0 Å². The normalized spacial score (nSPS) is 12.7. The van der Waals surface area contributed by atoms with Crippen molar-refractivity contribution in [2.45, 2.75) is 58.0 Å². The van der Waals surface area contributed by atoms with Crippen molar-refractivity contribution in [1.82, 2.24) is 4.90 Å². The fourth-order valence-electron chi connectivity index (χ4n) is 3.04. The van der Waals surface area contributed by atoms with E-state index in [1.54, 1.807) is 24.3 Å². The maximum Gasteiger partial charge on any atom is 0.283 e. The zero-order valence-corrected chi connectivity index (χ0v) is 17.0. The monoisotopic (exact) mass is 372 g/mol. The average Bonchev–Trinajstić information content (AvgIpc) is 2.55. The molecule has 0 atom stereocenters. The van der Waals surface area contributed by atoms with E-state index in [1.165, 1.54) is 0 Å². The summed E-state index contributed by atoms with van der Waals surface area (Å²) in [5.74, 6) is 0.571. The van der Waals surface area contributed by atoms with Crippen LogP contribution in [0.15, 0.2) is 63.9 Å². The third kappa shape index (κ3) is 5.18. The number of hydrogen-bond acceptors (Lipinski definition) is 2. The van der Waals surface area contributed by atoms with Crippen LogP contribution in [0.2, 0.25) is 0 Å². The van der Waals surface area contributed by atoms with Crippen molar-refractivity contribution in [3.63, 3.8) is 0 Å². The summed E-state index contributed by atoms with van der Waals surface area (Å²) in [5, 5.41) is 0. The second-order valence-corrected chi connectivity index (χ2v) is 8.66. The van der Waals surface area contributed by atoms with E-state index in [1.807, 2.05) is 37.3 Å². The van der Waals surface area contributed by atoms with Crippen molar-refractivity contribution in [3.05, 3.63) is 65.7 Å². The first-order valence-electron chi connectivity index (χ1n) is 8.93. The van der Waals surface area contributed by atoms with Gasteiger partial charge < -0.3 is 4.90 Å². The third-order valence-electron chi connectivity index (χ3n) is 4.16. The molecule has 0 aliphatic heterocycles. The van der Waals surface area contributed by atoms with Gasteiger partial charge in [-0.2, -0.15) is 8.42 Å². The molecular formula is C21H28N2O2S. The molecule has 0 saturated carbocycles. The van der Waals surface area contributed by atoms with E-state index in [0.717, 1.165) is 11.1 Å². The molecule has 2 aromatic rings. The summed E-state index contributed by atoms with van der Waals surface area (Å²) in [4.78, 5) is 2.29. The predicted octanol–water partition coefficient (Wildman–Crippen LogP) is 4.44. The lowest BCUT2D eigenvalue weighted by molar-refractivity contribution is 0.288. The zero-order chi connectivity index (χ0) is 19.3. The summed E-state index contributed by atoms with van der Waals surface area (Å²) >= 11 is 0. The third-order valence-corrected chi connectivity index (χ3v) is 5.48. The van der Waals surface area contributed by atoms with Gasteiger partial charge in [-0.25, -0.2) is 0 Å². The molecule has 0 aliphatic rings. The van der Waals surface area contributed by atoms with Crippen LogP contribution in [-0.2, 0) is 16.4 Å². The molecule has 2 aromatic carbocycles. The Kier molecular flexibility index (Phi) is 6.59. The van der Waals surface area contributed by atoms with Crippen molar-refractivity contribution in [2.75, 3.05) is 0 Å². The second kappa shape index (κ2) is 8.49. The topological polar surface area (TPSA) is 49.7 Å². The van der Waals surface area contributed by atoms with Gasteiger partial charge in [0.25, 0.3) is 10.0 Å². The Morgan fingerprint density at radius 3 is 1.96 bits per heavy atom. The molecule has 4 nitrogen and oxygen atoms in total. The van der Waals surface area contributed by atoms with Gasteiger partial charge in [0, 0.05) is 18.5 Å². The van der Waals surface area contributed by atoms with Gasteiger partial charge >= 0.3 is 0 Å². The molecule has 2 rings (SSSR count). The lowest BCUT2D eigenvalue weighted by atomic mass is 10.1. The minimum absolute atomic E-state index is 0.144. The molecule has 0 saturated heterocycles. The Morgan fingerprint density at radius 1 is 0.923 bits per heavy atom. The maximum atomic E-state index is 12.9. The van der Waals surface area contributed by atoms with E-state index in [9.17, 15) is 8.42 Å². The number of sulfonamides is 1. The summed E-state index contributed by atoms with van der Waals surface area (Å²) in [6, 6.07) is 17.0. The van der Waals surface area contributed by atoms with Crippen molar-refractivity contribution in [1.29, 1.82) is 0 Å². The number of benzene rings is 2. The van der Waals surface area contributed by atoms with E-state index >= 15 is 0 Å². The lowest BCUT2D eigenvalue weighted by Gasteiger charge is -2.34. The first-order chi connectivity index (χ1) is 12.2. The fourth-order valence-corrected chi connectivity index (χ4v) is 4.06. The van der Waals surface area contributed by atoms with Crippen LogP contribution < -0.4 is 0 Å². The molecule has 0 fully saturated rings. The van der Waals surface area contributed by atoms with Crippen LogP contribution in [0.25, 0.3) is 0 Å². The lowest BCUT2D eigenvalue weighted by Crippen LogP contribution is -2.43. The van der Waals surface area contributed by atoms with E-state index < -0.39 is 10.0 Å². The van der Waals surface area contributed by atoms with E-state index in [2.05, 4.69) is 37.0 Å². The van der Waals surface area contributed by atoms with Gasteiger partial charge in [-0.05, 0) is 52.3 Å². The van der Waals surface area contributed by atoms with Crippen LogP contribution in [0.3, 0.4) is 0 Å². The molecule has 0 N–H and O–H groups in total. The van der Waals surface area contributed by atoms with E-state index in [0.29, 0.717) is 12.3 Å². The maximum absolute atomic E-state index is 12.9. The molecule has 0 heterocycles. The highest BCUT2D eigenvalue weighted by molar-refractivity contribution is 7.90. The standard InChI is InChI=1S/C21H28N2O2S/c1-16(2)23(17(3)4)21(15-19-9-7-6-8-10-19)22-26(24,25)20-13-11-18(5)12-14-20/h6-14,16-17H,15H2,1-5H3. The molecule has 0 unspecified atom stereocenters. The van der Waals surface area contributed by atoms with Crippen LogP contribution in [0.1, 0.15) is 38.8 Å². The molecule has 0 radical (unpaired) electrons. The minimum Gasteiger partial charge on any atom is -0.354 e. The Labute approximate surface area is 157 Å². The van der Waals surface area contributed by atoms with Gasteiger partial charge in [-0.3, -0.25) is 0 Å². The van der Waals surface area contributed by atoms with Crippen LogP contribution in [0.4, 0.5) is 0 Å². The largest absolute Gasteiger partial charge is 0.354 e. The van der Waals surface area contributed by atoms with E-state index in [4.69, 9.17) is 0 Å². The minimum atomic E-state index is -3.76. The van der Waals surface area contributed by atoms with Crippen molar-refractivity contribution in [3.8, 4) is 0 Å². The van der Waals surface area contributed by atoms with Crippen molar-refractivity contribution in [2.24, 2.45) is 4.40 Å². The SMILES string of the molecule is Cc1ccc(S(=O)(=O)N=C(Cc2ccccc2)N(C(C)C)C(C)C)cc1. The summed E-state index contributed by atoms with van der Waals surface area (Å²) in [7, 11) is -3.76. The Morgan fingerprint density at radius 2 is 1.46 bits per heavy atom. The highest BCUT2D eigenvalue weighted by Crippen LogP contribution is 2.18. The fraction of sp³-hybridized carbons (Fsp3) is 0.381. The molecule has 0 aromatic heterocycles. The van der Waals surface area contributed by atoms with Crippen LogP contribution in [0, 0.1) is 6.92 Å². The smallest absolute Gasteiger partial charge is 0.283 e. The molecular weight excluding hydrogens is 344 g/mol. The summed E-state index contributed by atoms with van der Waals surface area (Å²) in [6.07, 6.45) is 0.474. The van der Waals surface area contributed by atoms with E-state index in [-0.39, 0.29) is 17.0 Å². The number of rotatable bonds is 6. The summed E-state index contributed by atoms with van der Waals surface area (Å²) in [6.45, 7) is 10.1. The Hall–Kier alpha value is -2.14. The molecule has 5 heteroatoms. The molecule has 0 aliphatic carbocycles. The van der Waals surface area contributed by atoms with Crippen LogP contribution >= 0.6 is 0 Å². The predicted molar refractivity (Wildman–Crippen MR) is 108 cm³/mol. The number of amidine groups is 1. The van der Waals surface area contributed by atoms with Crippen LogP contribution in [0.5, 0.6) is 0 Å². The van der Waals surface area contributed by atoms with Gasteiger partial charge in [-0.15, -0.1) is 4.40 Å². The molecule has 0 spiro atoms. The number of nitrogens with zero attached hydrogens (tertiary/aromatic N) is 2. The molecule has 26 heavy (non-hydrogen) atoms. The summed E-state index contributed by atoms with van der Waals surface area (Å²) < 4.78 is 30.0. The van der Waals surface area contributed by atoms with Gasteiger partial charge in [-0.1, -0.05) is 48.0 Å². The van der Waals surface area contributed by atoms with Gasteiger partial charge in [0.05, 0.1) is 4.90 Å². The molecule has 0 bridgehead atoms. The first-order valence-corrected chi connectivity index (χ1v) is 10.4. The average molecular weight is 373 g/mol. The highest BCUT2D eigenvalue weighted by atomic mass is 32.2. The van der Waals surface area contributed by atoms with Gasteiger partial charge in [0.15, 0.2) is 0 Å². The van der Waals surface area contributed by atoms with Crippen LogP contribution in [-0.4, -0.2) is 31.2 Å². The zero-order valence-electron chi connectivity index (χ0n) is 16.2. The Balaban J connectivity index is 2.50. The van der Waals surface area contributed by atoms with Crippen molar-refractivity contribution < 1.29 is 8.42 Å². The summed E-state index contributed by atoms with van der Waals surface area (Å²) in [5.41, 5.74) is 2.06. The number of hydrogen-bond donors (Lipinski definition) is 0. The number of aryl methyl sites for hydroxylation is 1. The van der Waals surface area contributed by atoms with Crippen molar-refractivity contribution >= 4 is 15.9 Å². The second-order valence-electron chi connectivity index (χ2n) is 7.05. The highest BCUT2D eigenvalue weighted by Gasteiger charge is 2.22. The molecule has 0 amide bonds. The Bertz CT molecular complexity index is 831. The van der Waals surface area contributed by atoms with Gasteiger partial charge in [0.1, 0.15) is 5.84 Å².